The minimum Gasteiger partial charge on any atom is -0.393 e. The highest BCUT2D eigenvalue weighted by atomic mass is 16.5. The van der Waals surface area contributed by atoms with Gasteiger partial charge in [-0.3, -0.25) is 0 Å². The molecule has 0 amide bonds. The van der Waals surface area contributed by atoms with Crippen molar-refractivity contribution in [1.29, 1.82) is 0 Å². The largest absolute Gasteiger partial charge is 0.393 e. The maximum Gasteiger partial charge on any atom is 0.0587 e. The molecule has 0 aromatic rings. The zero-order valence-corrected chi connectivity index (χ0v) is 13.5. The molecule has 0 aromatic carbocycles. The Labute approximate surface area is 120 Å². The summed E-state index contributed by atoms with van der Waals surface area (Å²) in [6.45, 7) is 4.99. The maximum atomic E-state index is 9.89. The zero-order chi connectivity index (χ0) is 14.3. The molecule has 2 unspecified atom stereocenters. The van der Waals surface area contributed by atoms with E-state index in [2.05, 4.69) is 13.8 Å². The molecule has 0 spiro atoms. The molecule has 0 aliphatic rings. The Balaban J connectivity index is 3.18. The number of rotatable bonds is 14. The van der Waals surface area contributed by atoms with Gasteiger partial charge < -0.3 is 9.84 Å². The van der Waals surface area contributed by atoms with Gasteiger partial charge in [0.1, 0.15) is 0 Å². The van der Waals surface area contributed by atoms with Crippen LogP contribution in [0.15, 0.2) is 0 Å². The van der Waals surface area contributed by atoms with Crippen LogP contribution in [0.25, 0.3) is 0 Å². The van der Waals surface area contributed by atoms with Crippen molar-refractivity contribution >= 4 is 0 Å². The lowest BCUT2D eigenvalue weighted by molar-refractivity contribution is 0.0503. The van der Waals surface area contributed by atoms with Crippen molar-refractivity contribution < 1.29 is 9.84 Å². The summed E-state index contributed by atoms with van der Waals surface area (Å²) in [7, 11) is 1.70. The van der Waals surface area contributed by atoms with Gasteiger partial charge in [-0.2, -0.15) is 0 Å². The van der Waals surface area contributed by atoms with Gasteiger partial charge in [-0.05, 0) is 6.42 Å². The SMILES string of the molecule is CCCCCCCCCCCCC(O)C(C)COC. The van der Waals surface area contributed by atoms with E-state index in [-0.39, 0.29) is 12.0 Å². The van der Waals surface area contributed by atoms with Gasteiger partial charge in [0.25, 0.3) is 0 Å². The van der Waals surface area contributed by atoms with Gasteiger partial charge in [-0.1, -0.05) is 78.1 Å². The maximum absolute atomic E-state index is 9.89. The average molecular weight is 272 g/mol. The van der Waals surface area contributed by atoms with Crippen LogP contribution in [-0.2, 0) is 4.74 Å². The lowest BCUT2D eigenvalue weighted by atomic mass is 9.99. The average Bonchev–Trinajstić information content (AvgIpc) is 2.41. The van der Waals surface area contributed by atoms with Gasteiger partial charge in [0.2, 0.25) is 0 Å². The highest BCUT2D eigenvalue weighted by molar-refractivity contribution is 4.63. The van der Waals surface area contributed by atoms with Crippen LogP contribution in [0.1, 0.15) is 84.5 Å². The van der Waals surface area contributed by atoms with E-state index in [0.717, 1.165) is 12.8 Å². The van der Waals surface area contributed by atoms with Crippen molar-refractivity contribution in [2.24, 2.45) is 5.92 Å². The molecular formula is C17H36O2. The summed E-state index contributed by atoms with van der Waals surface area (Å²) in [6, 6.07) is 0. The third kappa shape index (κ3) is 12.7. The van der Waals surface area contributed by atoms with E-state index in [1.165, 1.54) is 57.8 Å². The van der Waals surface area contributed by atoms with Gasteiger partial charge >= 0.3 is 0 Å². The molecule has 0 fully saturated rings. The molecule has 2 nitrogen and oxygen atoms in total. The van der Waals surface area contributed by atoms with Gasteiger partial charge in [0, 0.05) is 13.0 Å². The number of aliphatic hydroxyl groups excluding tert-OH is 1. The second-order valence-electron chi connectivity index (χ2n) is 5.97. The summed E-state index contributed by atoms with van der Waals surface area (Å²) in [6.07, 6.45) is 14.3. The Morgan fingerprint density at radius 2 is 1.32 bits per heavy atom. The number of hydrogen-bond donors (Lipinski definition) is 1. The van der Waals surface area contributed by atoms with Crippen molar-refractivity contribution in [2.45, 2.75) is 90.6 Å². The van der Waals surface area contributed by atoms with Crippen LogP contribution in [0.2, 0.25) is 0 Å². The molecule has 0 aliphatic carbocycles. The molecule has 2 atom stereocenters. The topological polar surface area (TPSA) is 29.5 Å². The van der Waals surface area contributed by atoms with E-state index < -0.39 is 0 Å². The molecule has 1 N–H and O–H groups in total. The van der Waals surface area contributed by atoms with Crippen molar-refractivity contribution in [1.82, 2.24) is 0 Å². The second-order valence-corrected chi connectivity index (χ2v) is 5.97. The predicted octanol–water partition coefficient (Wildman–Crippen LogP) is 4.94. The summed E-state index contributed by atoms with van der Waals surface area (Å²) in [4.78, 5) is 0. The number of methoxy groups -OCH3 is 1. The van der Waals surface area contributed by atoms with Gasteiger partial charge in [0.05, 0.1) is 12.7 Å². The molecule has 0 aromatic heterocycles. The predicted molar refractivity (Wildman–Crippen MR) is 83.5 cm³/mol. The first-order chi connectivity index (χ1) is 9.22. The van der Waals surface area contributed by atoms with E-state index in [1.54, 1.807) is 7.11 Å². The minimum atomic E-state index is -0.186. The molecule has 0 bridgehead atoms. The number of unbranched alkanes of at least 4 members (excludes halogenated alkanes) is 9. The summed E-state index contributed by atoms with van der Waals surface area (Å²) in [5, 5.41) is 9.89. The van der Waals surface area contributed by atoms with Crippen molar-refractivity contribution in [3.05, 3.63) is 0 Å². The Morgan fingerprint density at radius 1 is 0.842 bits per heavy atom. The standard InChI is InChI=1S/C17H36O2/c1-4-5-6-7-8-9-10-11-12-13-14-17(18)16(2)15-19-3/h16-18H,4-15H2,1-3H3. The molecule has 0 aliphatic heterocycles. The summed E-state index contributed by atoms with van der Waals surface area (Å²) in [5.74, 6) is 0.267. The molecule has 0 heterocycles. The fourth-order valence-electron chi connectivity index (χ4n) is 2.50. The van der Waals surface area contributed by atoms with Crippen LogP contribution in [0.3, 0.4) is 0 Å². The van der Waals surface area contributed by atoms with Crippen molar-refractivity contribution in [3.63, 3.8) is 0 Å². The fourth-order valence-corrected chi connectivity index (χ4v) is 2.50. The van der Waals surface area contributed by atoms with Gasteiger partial charge in [-0.15, -0.1) is 0 Å². The molecule has 19 heavy (non-hydrogen) atoms. The monoisotopic (exact) mass is 272 g/mol. The highest BCUT2D eigenvalue weighted by Gasteiger charge is 2.12. The third-order valence-corrected chi connectivity index (χ3v) is 3.94. The Kier molecular flexibility index (Phi) is 14.3. The Morgan fingerprint density at radius 3 is 1.79 bits per heavy atom. The van der Waals surface area contributed by atoms with Gasteiger partial charge in [0.15, 0.2) is 0 Å². The van der Waals surface area contributed by atoms with Crippen molar-refractivity contribution in [3.8, 4) is 0 Å². The van der Waals surface area contributed by atoms with E-state index >= 15 is 0 Å². The molecule has 0 rings (SSSR count). The Bertz CT molecular complexity index is 171. The van der Waals surface area contributed by atoms with Crippen molar-refractivity contribution in [2.75, 3.05) is 13.7 Å². The van der Waals surface area contributed by atoms with Crippen LogP contribution in [0, 0.1) is 5.92 Å². The van der Waals surface area contributed by atoms with E-state index in [9.17, 15) is 5.11 Å². The van der Waals surface area contributed by atoms with Crippen LogP contribution in [-0.4, -0.2) is 24.9 Å². The lowest BCUT2D eigenvalue weighted by Crippen LogP contribution is -2.21. The quantitative estimate of drug-likeness (QED) is 0.454. The number of hydrogen-bond acceptors (Lipinski definition) is 2. The molecular weight excluding hydrogens is 236 g/mol. The van der Waals surface area contributed by atoms with E-state index in [1.807, 2.05) is 0 Å². The first-order valence-electron chi connectivity index (χ1n) is 8.39. The third-order valence-electron chi connectivity index (χ3n) is 3.94. The van der Waals surface area contributed by atoms with Crippen LogP contribution < -0.4 is 0 Å². The first-order valence-corrected chi connectivity index (χ1v) is 8.39. The summed E-state index contributed by atoms with van der Waals surface area (Å²) in [5.41, 5.74) is 0. The molecule has 0 saturated heterocycles. The Hall–Kier alpha value is -0.0800. The lowest BCUT2D eigenvalue weighted by Gasteiger charge is -2.17. The molecule has 0 radical (unpaired) electrons. The van der Waals surface area contributed by atoms with Gasteiger partial charge in [-0.25, -0.2) is 0 Å². The van der Waals surface area contributed by atoms with E-state index in [0.29, 0.717) is 6.61 Å². The zero-order valence-electron chi connectivity index (χ0n) is 13.5. The molecule has 116 valence electrons. The smallest absolute Gasteiger partial charge is 0.0587 e. The first kappa shape index (κ1) is 18.9. The number of ether oxygens (including phenoxy) is 1. The van der Waals surface area contributed by atoms with E-state index in [4.69, 9.17) is 4.74 Å². The van der Waals surface area contributed by atoms with Crippen LogP contribution in [0.4, 0.5) is 0 Å². The summed E-state index contributed by atoms with van der Waals surface area (Å²) >= 11 is 0. The fraction of sp³-hybridized carbons (Fsp3) is 1.00. The molecule has 2 heteroatoms. The minimum absolute atomic E-state index is 0.186. The molecule has 0 saturated carbocycles. The second kappa shape index (κ2) is 14.3. The van der Waals surface area contributed by atoms with Crippen LogP contribution in [0.5, 0.6) is 0 Å². The normalized spacial score (nSPS) is 14.5. The number of aliphatic hydroxyl groups is 1. The summed E-state index contributed by atoms with van der Waals surface area (Å²) < 4.78 is 5.06. The highest BCUT2D eigenvalue weighted by Crippen LogP contribution is 2.14. The van der Waals surface area contributed by atoms with Crippen LogP contribution >= 0.6 is 0 Å².